The summed E-state index contributed by atoms with van der Waals surface area (Å²) in [5.74, 6) is 0. The first-order valence-electron chi connectivity index (χ1n) is 7.67. The fourth-order valence-corrected chi connectivity index (χ4v) is 4.45. The second-order valence-corrected chi connectivity index (χ2v) is 8.23. The molecule has 1 aromatic heterocycles. The standard InChI is InChI=1S/C16H19N3O3S2/c1-2-14-13-8-10-23-15(13)7-9-19(14)16(20)18-11-3-5-12(6-4-11)24(17,21)22/h3-6,8,10,14H,2,7,9H2,1H3,(H,18,20)(H2,17,21,22). The molecule has 6 nitrogen and oxygen atoms in total. The molecule has 2 heterocycles. The second kappa shape index (κ2) is 6.54. The molecule has 3 N–H and O–H groups in total. The molecule has 3 rings (SSSR count). The lowest BCUT2D eigenvalue weighted by Crippen LogP contribution is -2.41. The van der Waals surface area contributed by atoms with Crippen LogP contribution in [0.15, 0.2) is 40.6 Å². The number of rotatable bonds is 3. The van der Waals surface area contributed by atoms with Gasteiger partial charge in [-0.05, 0) is 54.1 Å². The number of nitrogens with zero attached hydrogens (tertiary/aromatic N) is 1. The van der Waals surface area contributed by atoms with Gasteiger partial charge in [-0.2, -0.15) is 0 Å². The van der Waals surface area contributed by atoms with E-state index in [4.69, 9.17) is 5.14 Å². The molecule has 1 aliphatic heterocycles. The third-order valence-corrected chi connectivity index (χ3v) is 6.10. The summed E-state index contributed by atoms with van der Waals surface area (Å²) in [5, 5.41) is 9.98. The summed E-state index contributed by atoms with van der Waals surface area (Å²) < 4.78 is 22.5. The van der Waals surface area contributed by atoms with Gasteiger partial charge in [-0.1, -0.05) is 6.92 Å². The van der Waals surface area contributed by atoms with Crippen molar-refractivity contribution in [2.75, 3.05) is 11.9 Å². The number of nitrogens with two attached hydrogens (primary N) is 1. The number of primary sulfonamides is 1. The fraction of sp³-hybridized carbons (Fsp3) is 0.312. The van der Waals surface area contributed by atoms with E-state index in [1.54, 1.807) is 23.5 Å². The van der Waals surface area contributed by atoms with Gasteiger partial charge in [0.15, 0.2) is 0 Å². The van der Waals surface area contributed by atoms with Crippen molar-refractivity contribution in [3.05, 3.63) is 46.2 Å². The first kappa shape index (κ1) is 16.9. The zero-order valence-corrected chi connectivity index (χ0v) is 14.9. The Bertz CT molecular complexity index is 844. The molecule has 0 saturated heterocycles. The van der Waals surface area contributed by atoms with Crippen LogP contribution in [0.1, 0.15) is 29.8 Å². The first-order chi connectivity index (χ1) is 11.4. The minimum atomic E-state index is -3.73. The largest absolute Gasteiger partial charge is 0.322 e. The van der Waals surface area contributed by atoms with E-state index >= 15 is 0 Å². The van der Waals surface area contributed by atoms with E-state index in [0.29, 0.717) is 12.2 Å². The summed E-state index contributed by atoms with van der Waals surface area (Å²) in [5.41, 5.74) is 1.77. The predicted molar refractivity (Wildman–Crippen MR) is 94.6 cm³/mol. The molecule has 0 bridgehead atoms. The van der Waals surface area contributed by atoms with Crippen LogP contribution in [0.2, 0.25) is 0 Å². The Kier molecular flexibility index (Phi) is 4.62. The van der Waals surface area contributed by atoms with Crippen LogP contribution in [0.3, 0.4) is 0 Å². The smallest absolute Gasteiger partial charge is 0.317 e. The maximum atomic E-state index is 12.6. The summed E-state index contributed by atoms with van der Waals surface area (Å²) >= 11 is 1.74. The van der Waals surface area contributed by atoms with E-state index < -0.39 is 10.0 Å². The second-order valence-electron chi connectivity index (χ2n) is 5.67. The molecule has 24 heavy (non-hydrogen) atoms. The molecule has 0 spiro atoms. The summed E-state index contributed by atoms with van der Waals surface area (Å²) in [6.45, 7) is 2.74. The van der Waals surface area contributed by atoms with Gasteiger partial charge in [-0.15, -0.1) is 11.3 Å². The Morgan fingerprint density at radius 1 is 1.33 bits per heavy atom. The number of fused-ring (bicyclic) bond motifs is 1. The number of thiophene rings is 1. The number of urea groups is 1. The van der Waals surface area contributed by atoms with Gasteiger partial charge in [0.2, 0.25) is 10.0 Å². The molecule has 1 atom stereocenters. The number of benzene rings is 1. The highest BCUT2D eigenvalue weighted by atomic mass is 32.2. The third kappa shape index (κ3) is 3.31. The molecule has 128 valence electrons. The van der Waals surface area contributed by atoms with Crippen molar-refractivity contribution in [2.45, 2.75) is 30.7 Å². The quantitative estimate of drug-likeness (QED) is 0.876. The Labute approximate surface area is 145 Å². The molecule has 0 aliphatic carbocycles. The molecule has 2 amide bonds. The maximum absolute atomic E-state index is 12.6. The van der Waals surface area contributed by atoms with Crippen LogP contribution in [0.5, 0.6) is 0 Å². The lowest BCUT2D eigenvalue weighted by molar-refractivity contribution is 0.181. The first-order valence-corrected chi connectivity index (χ1v) is 10.1. The van der Waals surface area contributed by atoms with E-state index in [-0.39, 0.29) is 17.0 Å². The highest BCUT2D eigenvalue weighted by Crippen LogP contribution is 2.35. The molecular formula is C16H19N3O3S2. The number of carbonyl (C=O) groups is 1. The van der Waals surface area contributed by atoms with Crippen LogP contribution in [-0.2, 0) is 16.4 Å². The van der Waals surface area contributed by atoms with Crippen LogP contribution in [0.25, 0.3) is 0 Å². The summed E-state index contributed by atoms with van der Waals surface area (Å²) in [6.07, 6.45) is 1.71. The Morgan fingerprint density at radius 2 is 2.04 bits per heavy atom. The van der Waals surface area contributed by atoms with Crippen LogP contribution in [0.4, 0.5) is 10.5 Å². The number of anilines is 1. The number of sulfonamides is 1. The van der Waals surface area contributed by atoms with Crippen molar-refractivity contribution in [3.8, 4) is 0 Å². The monoisotopic (exact) mass is 365 g/mol. The molecule has 0 radical (unpaired) electrons. The minimum Gasteiger partial charge on any atom is -0.317 e. The fourth-order valence-electron chi connectivity index (χ4n) is 3.00. The average Bonchev–Trinajstić information content (AvgIpc) is 3.02. The molecule has 2 aromatic rings. The average molecular weight is 365 g/mol. The number of hydrogen-bond donors (Lipinski definition) is 2. The van der Waals surface area contributed by atoms with Crippen LogP contribution in [-0.4, -0.2) is 25.9 Å². The van der Waals surface area contributed by atoms with Crippen LogP contribution < -0.4 is 10.5 Å². The lowest BCUT2D eigenvalue weighted by atomic mass is 9.98. The van der Waals surface area contributed by atoms with E-state index in [1.165, 1.54) is 22.6 Å². The lowest BCUT2D eigenvalue weighted by Gasteiger charge is -2.35. The Morgan fingerprint density at radius 3 is 2.67 bits per heavy atom. The molecule has 1 aromatic carbocycles. The van der Waals surface area contributed by atoms with E-state index in [9.17, 15) is 13.2 Å². The van der Waals surface area contributed by atoms with Gasteiger partial charge in [-0.3, -0.25) is 0 Å². The van der Waals surface area contributed by atoms with Gasteiger partial charge >= 0.3 is 6.03 Å². The summed E-state index contributed by atoms with van der Waals surface area (Å²) in [7, 11) is -3.73. The Hall–Kier alpha value is -1.90. The van der Waals surface area contributed by atoms with Crippen molar-refractivity contribution < 1.29 is 13.2 Å². The summed E-state index contributed by atoms with van der Waals surface area (Å²) in [6, 6.07) is 7.84. The normalized spacial score (nSPS) is 17.4. The van der Waals surface area contributed by atoms with Gasteiger partial charge < -0.3 is 10.2 Å². The van der Waals surface area contributed by atoms with Crippen LogP contribution >= 0.6 is 11.3 Å². The maximum Gasteiger partial charge on any atom is 0.322 e. The van der Waals surface area contributed by atoms with Gasteiger partial charge in [0, 0.05) is 17.1 Å². The van der Waals surface area contributed by atoms with Gasteiger partial charge in [0.25, 0.3) is 0 Å². The molecular weight excluding hydrogens is 346 g/mol. The zero-order valence-electron chi connectivity index (χ0n) is 13.2. The SMILES string of the molecule is CCC1c2ccsc2CCN1C(=O)Nc1ccc(S(N)(=O)=O)cc1. The van der Waals surface area contributed by atoms with Crippen molar-refractivity contribution in [2.24, 2.45) is 5.14 Å². The zero-order chi connectivity index (χ0) is 17.3. The highest BCUT2D eigenvalue weighted by molar-refractivity contribution is 7.89. The molecule has 0 fully saturated rings. The number of hydrogen-bond acceptors (Lipinski definition) is 4. The Balaban J connectivity index is 1.75. The molecule has 0 saturated carbocycles. The van der Waals surface area contributed by atoms with Gasteiger partial charge in [0.1, 0.15) is 0 Å². The van der Waals surface area contributed by atoms with Crippen molar-refractivity contribution >= 4 is 33.1 Å². The van der Waals surface area contributed by atoms with E-state index in [1.807, 2.05) is 4.90 Å². The van der Waals surface area contributed by atoms with E-state index in [2.05, 4.69) is 23.7 Å². The summed E-state index contributed by atoms with van der Waals surface area (Å²) in [4.78, 5) is 15.8. The van der Waals surface area contributed by atoms with Crippen molar-refractivity contribution in [1.82, 2.24) is 4.90 Å². The van der Waals surface area contributed by atoms with Crippen LogP contribution in [0, 0.1) is 0 Å². The van der Waals surface area contributed by atoms with Gasteiger partial charge in [-0.25, -0.2) is 18.4 Å². The number of amides is 2. The predicted octanol–water partition coefficient (Wildman–Crippen LogP) is 2.94. The molecule has 1 unspecified atom stereocenters. The van der Waals surface area contributed by atoms with Gasteiger partial charge in [0.05, 0.1) is 10.9 Å². The van der Waals surface area contributed by atoms with Crippen molar-refractivity contribution in [1.29, 1.82) is 0 Å². The third-order valence-electron chi connectivity index (χ3n) is 4.18. The highest BCUT2D eigenvalue weighted by Gasteiger charge is 2.30. The molecule has 8 heteroatoms. The topological polar surface area (TPSA) is 92.5 Å². The number of nitrogens with one attached hydrogen (secondary N) is 1. The molecule has 1 aliphatic rings. The number of carbonyl (C=O) groups excluding carboxylic acids is 1. The minimum absolute atomic E-state index is 0.0211. The van der Waals surface area contributed by atoms with Crippen molar-refractivity contribution in [3.63, 3.8) is 0 Å². The van der Waals surface area contributed by atoms with E-state index in [0.717, 1.165) is 12.8 Å².